The highest BCUT2D eigenvalue weighted by molar-refractivity contribution is 5.86. The molecule has 0 heterocycles. The highest BCUT2D eigenvalue weighted by Gasteiger charge is 2.07. The molecule has 0 aliphatic heterocycles. The maximum absolute atomic E-state index is 4.49. The van der Waals surface area contributed by atoms with Crippen LogP contribution in [0.15, 0.2) is 4.99 Å². The lowest BCUT2D eigenvalue weighted by Crippen LogP contribution is -1.96. The van der Waals surface area contributed by atoms with Gasteiger partial charge in [0.2, 0.25) is 0 Å². The van der Waals surface area contributed by atoms with Crippen LogP contribution in [0.5, 0.6) is 0 Å². The molecule has 0 unspecified atom stereocenters. The van der Waals surface area contributed by atoms with E-state index in [9.17, 15) is 0 Å². The molecule has 0 amide bonds. The first-order valence-corrected chi connectivity index (χ1v) is 3.84. The van der Waals surface area contributed by atoms with Gasteiger partial charge < -0.3 is 0 Å². The maximum atomic E-state index is 4.49. The highest BCUT2D eigenvalue weighted by Crippen LogP contribution is 2.15. The van der Waals surface area contributed by atoms with Gasteiger partial charge >= 0.3 is 0 Å². The molecule has 1 rings (SSSR count). The molecule has 0 spiro atoms. The molecule has 9 heavy (non-hydrogen) atoms. The van der Waals surface area contributed by atoms with Gasteiger partial charge in [0.15, 0.2) is 0 Å². The van der Waals surface area contributed by atoms with Gasteiger partial charge in [-0.2, -0.15) is 0 Å². The molecule has 0 aromatic rings. The Morgan fingerprint density at radius 3 is 2.22 bits per heavy atom. The van der Waals surface area contributed by atoms with Gasteiger partial charge in [0.25, 0.3) is 0 Å². The fraction of sp³-hybridized carbons (Fsp3) is 0.875. The average molecular weight is 125 g/mol. The molecule has 52 valence electrons. The number of hydrogen-bond donors (Lipinski definition) is 0. The van der Waals surface area contributed by atoms with Crippen molar-refractivity contribution in [3.05, 3.63) is 0 Å². The SMILES string of the molecule is CC(C)N=C1CCCC1. The first-order chi connectivity index (χ1) is 4.29. The van der Waals surface area contributed by atoms with Crippen LogP contribution in [0, 0.1) is 0 Å². The van der Waals surface area contributed by atoms with E-state index in [4.69, 9.17) is 0 Å². The molecular formula is C8H15N. The molecule has 0 bridgehead atoms. The van der Waals surface area contributed by atoms with E-state index >= 15 is 0 Å². The molecule has 0 radical (unpaired) electrons. The third kappa shape index (κ3) is 2.17. The molecule has 0 saturated heterocycles. The Balaban J connectivity index is 2.39. The fourth-order valence-corrected chi connectivity index (χ4v) is 1.28. The monoisotopic (exact) mass is 125 g/mol. The summed E-state index contributed by atoms with van der Waals surface area (Å²) in [7, 11) is 0. The van der Waals surface area contributed by atoms with E-state index in [-0.39, 0.29) is 0 Å². The lowest BCUT2D eigenvalue weighted by molar-refractivity contribution is 0.829. The summed E-state index contributed by atoms with van der Waals surface area (Å²) < 4.78 is 0. The smallest absolute Gasteiger partial charge is 0.0442 e. The summed E-state index contributed by atoms with van der Waals surface area (Å²) in [6, 6.07) is 0.512. The lowest BCUT2D eigenvalue weighted by atomic mass is 10.3. The van der Waals surface area contributed by atoms with Gasteiger partial charge in [0, 0.05) is 11.8 Å². The summed E-state index contributed by atoms with van der Waals surface area (Å²) in [6.07, 6.45) is 5.26. The first kappa shape index (κ1) is 6.79. The minimum Gasteiger partial charge on any atom is -0.291 e. The average Bonchev–Trinajstić information content (AvgIpc) is 2.15. The highest BCUT2D eigenvalue weighted by atomic mass is 14.8. The molecule has 1 heteroatoms. The van der Waals surface area contributed by atoms with E-state index in [1.807, 2.05) is 0 Å². The van der Waals surface area contributed by atoms with Crippen molar-refractivity contribution in [3.8, 4) is 0 Å². The Morgan fingerprint density at radius 1 is 1.22 bits per heavy atom. The largest absolute Gasteiger partial charge is 0.291 e. The van der Waals surface area contributed by atoms with Gasteiger partial charge in [-0.1, -0.05) is 0 Å². The Bertz CT molecular complexity index is 106. The van der Waals surface area contributed by atoms with Crippen LogP contribution in [0.3, 0.4) is 0 Å². The topological polar surface area (TPSA) is 12.4 Å². The van der Waals surface area contributed by atoms with Crippen molar-refractivity contribution in [2.75, 3.05) is 0 Å². The fourth-order valence-electron chi connectivity index (χ4n) is 1.28. The molecule has 0 N–H and O–H groups in total. The quantitative estimate of drug-likeness (QED) is 0.510. The zero-order valence-corrected chi connectivity index (χ0v) is 6.35. The van der Waals surface area contributed by atoms with Crippen LogP contribution in [0.25, 0.3) is 0 Å². The zero-order valence-electron chi connectivity index (χ0n) is 6.35. The second kappa shape index (κ2) is 3.00. The Hall–Kier alpha value is -0.330. The molecule has 1 fully saturated rings. The van der Waals surface area contributed by atoms with Crippen LogP contribution in [0.1, 0.15) is 39.5 Å². The van der Waals surface area contributed by atoms with Crippen LogP contribution in [-0.2, 0) is 0 Å². The van der Waals surface area contributed by atoms with E-state index in [0.29, 0.717) is 6.04 Å². The molecule has 1 saturated carbocycles. The van der Waals surface area contributed by atoms with Crippen molar-refractivity contribution < 1.29 is 0 Å². The van der Waals surface area contributed by atoms with E-state index in [2.05, 4.69) is 18.8 Å². The molecule has 0 aromatic carbocycles. The summed E-state index contributed by atoms with van der Waals surface area (Å²) in [5.41, 5.74) is 1.45. The molecular weight excluding hydrogens is 110 g/mol. The van der Waals surface area contributed by atoms with Gasteiger partial charge in [0.1, 0.15) is 0 Å². The number of nitrogens with zero attached hydrogens (tertiary/aromatic N) is 1. The zero-order chi connectivity index (χ0) is 6.69. The molecule has 0 atom stereocenters. The van der Waals surface area contributed by atoms with E-state index in [1.165, 1.54) is 31.4 Å². The Morgan fingerprint density at radius 2 is 1.78 bits per heavy atom. The second-order valence-corrected chi connectivity index (χ2v) is 3.00. The van der Waals surface area contributed by atoms with Crippen LogP contribution in [-0.4, -0.2) is 11.8 Å². The Kier molecular flexibility index (Phi) is 2.26. The summed E-state index contributed by atoms with van der Waals surface area (Å²) in [4.78, 5) is 4.49. The number of aliphatic imine (C=N–C) groups is 1. The van der Waals surface area contributed by atoms with Gasteiger partial charge in [-0.05, 0) is 39.5 Å². The Labute approximate surface area is 57.2 Å². The van der Waals surface area contributed by atoms with Gasteiger partial charge in [-0.3, -0.25) is 4.99 Å². The van der Waals surface area contributed by atoms with E-state index in [0.717, 1.165) is 0 Å². The van der Waals surface area contributed by atoms with Crippen molar-refractivity contribution in [2.45, 2.75) is 45.6 Å². The predicted octanol–water partition coefficient (Wildman–Crippen LogP) is 2.41. The van der Waals surface area contributed by atoms with Crippen LogP contribution in [0.4, 0.5) is 0 Å². The molecule has 1 aliphatic carbocycles. The number of rotatable bonds is 1. The van der Waals surface area contributed by atoms with Crippen molar-refractivity contribution in [1.29, 1.82) is 0 Å². The minimum absolute atomic E-state index is 0.512. The van der Waals surface area contributed by atoms with Crippen molar-refractivity contribution in [2.24, 2.45) is 4.99 Å². The third-order valence-electron chi connectivity index (χ3n) is 1.62. The molecule has 1 nitrogen and oxygen atoms in total. The summed E-state index contributed by atoms with van der Waals surface area (Å²) >= 11 is 0. The standard InChI is InChI=1S/C8H15N/c1-7(2)9-8-5-3-4-6-8/h7H,3-6H2,1-2H3. The maximum Gasteiger partial charge on any atom is 0.0442 e. The lowest BCUT2D eigenvalue weighted by Gasteiger charge is -1.97. The normalized spacial score (nSPS) is 19.2. The first-order valence-electron chi connectivity index (χ1n) is 3.84. The van der Waals surface area contributed by atoms with Crippen molar-refractivity contribution in [3.63, 3.8) is 0 Å². The minimum atomic E-state index is 0.512. The molecule has 0 aromatic heterocycles. The van der Waals surface area contributed by atoms with Crippen LogP contribution < -0.4 is 0 Å². The second-order valence-electron chi connectivity index (χ2n) is 3.00. The molecule has 1 aliphatic rings. The van der Waals surface area contributed by atoms with Gasteiger partial charge in [0.05, 0.1) is 0 Å². The third-order valence-corrected chi connectivity index (χ3v) is 1.62. The predicted molar refractivity (Wildman–Crippen MR) is 41.0 cm³/mol. The summed E-state index contributed by atoms with van der Waals surface area (Å²) in [5, 5.41) is 0. The summed E-state index contributed by atoms with van der Waals surface area (Å²) in [6.45, 7) is 4.29. The van der Waals surface area contributed by atoms with E-state index in [1.54, 1.807) is 0 Å². The number of hydrogen-bond acceptors (Lipinski definition) is 1. The van der Waals surface area contributed by atoms with Gasteiger partial charge in [-0.25, -0.2) is 0 Å². The van der Waals surface area contributed by atoms with Crippen LogP contribution in [0.2, 0.25) is 0 Å². The van der Waals surface area contributed by atoms with E-state index < -0.39 is 0 Å². The van der Waals surface area contributed by atoms with Crippen molar-refractivity contribution >= 4 is 5.71 Å². The van der Waals surface area contributed by atoms with Gasteiger partial charge in [-0.15, -0.1) is 0 Å². The van der Waals surface area contributed by atoms with Crippen molar-refractivity contribution in [1.82, 2.24) is 0 Å². The summed E-state index contributed by atoms with van der Waals surface area (Å²) in [5.74, 6) is 0. The van der Waals surface area contributed by atoms with Crippen LogP contribution >= 0.6 is 0 Å².